The van der Waals surface area contributed by atoms with Gasteiger partial charge in [0.25, 0.3) is 0 Å². The molecule has 0 amide bonds. The van der Waals surface area contributed by atoms with Crippen LogP contribution in [0.5, 0.6) is 0 Å². The highest BCUT2D eigenvalue weighted by molar-refractivity contribution is 5.83. The standard InChI is InChI=1S/C18H34N2O/c1-3-5-6-7-8-9-10-11-12-13-18-19-14-15-20(18)16-17(21)4-2/h3,17,21H,1,4-16H2,2H3. The fourth-order valence-electron chi connectivity index (χ4n) is 2.80. The lowest BCUT2D eigenvalue weighted by atomic mass is 10.1. The Morgan fingerprint density at radius 1 is 1.19 bits per heavy atom. The topological polar surface area (TPSA) is 35.8 Å². The summed E-state index contributed by atoms with van der Waals surface area (Å²) in [5, 5.41) is 9.76. The highest BCUT2D eigenvalue weighted by Gasteiger charge is 2.18. The van der Waals surface area contributed by atoms with Gasteiger partial charge in [0.05, 0.1) is 18.5 Å². The second-order valence-corrected chi connectivity index (χ2v) is 6.11. The molecule has 122 valence electrons. The Labute approximate surface area is 131 Å². The van der Waals surface area contributed by atoms with Crippen molar-refractivity contribution in [2.45, 2.75) is 77.2 Å². The molecule has 1 heterocycles. The van der Waals surface area contributed by atoms with E-state index in [1.54, 1.807) is 0 Å². The Kier molecular flexibility index (Phi) is 10.2. The molecule has 3 nitrogen and oxygen atoms in total. The molecule has 0 bridgehead atoms. The lowest BCUT2D eigenvalue weighted by Crippen LogP contribution is -2.35. The van der Waals surface area contributed by atoms with Crippen LogP contribution >= 0.6 is 0 Å². The van der Waals surface area contributed by atoms with Crippen LogP contribution in [0.1, 0.15) is 71.1 Å². The van der Waals surface area contributed by atoms with Gasteiger partial charge in [-0.25, -0.2) is 0 Å². The molecule has 3 heteroatoms. The first kappa shape index (κ1) is 18.2. The van der Waals surface area contributed by atoms with Crippen molar-refractivity contribution in [3.8, 4) is 0 Å². The van der Waals surface area contributed by atoms with E-state index in [1.807, 2.05) is 13.0 Å². The fraction of sp³-hybridized carbons (Fsp3) is 0.833. The molecule has 21 heavy (non-hydrogen) atoms. The average molecular weight is 294 g/mol. The maximum absolute atomic E-state index is 9.76. The zero-order valence-corrected chi connectivity index (χ0v) is 13.9. The minimum atomic E-state index is -0.205. The van der Waals surface area contributed by atoms with Crippen molar-refractivity contribution >= 4 is 5.84 Å². The second-order valence-electron chi connectivity index (χ2n) is 6.11. The minimum absolute atomic E-state index is 0.205. The van der Waals surface area contributed by atoms with E-state index >= 15 is 0 Å². The van der Waals surface area contributed by atoms with E-state index in [0.717, 1.165) is 32.5 Å². The lowest BCUT2D eigenvalue weighted by molar-refractivity contribution is 0.141. The summed E-state index contributed by atoms with van der Waals surface area (Å²) in [6.07, 6.45) is 14.2. The molecule has 0 aromatic rings. The largest absolute Gasteiger partial charge is 0.391 e. The van der Waals surface area contributed by atoms with Crippen LogP contribution in [0.15, 0.2) is 17.6 Å². The molecule has 1 aliphatic heterocycles. The summed E-state index contributed by atoms with van der Waals surface area (Å²) in [5.74, 6) is 1.23. The van der Waals surface area contributed by atoms with Crippen molar-refractivity contribution in [1.29, 1.82) is 0 Å². The SMILES string of the molecule is C=CCCCCCCCCCC1=NCCN1CC(O)CC. The Balaban J connectivity index is 2.00. The Bertz CT molecular complexity index is 302. The van der Waals surface area contributed by atoms with Crippen molar-refractivity contribution in [2.24, 2.45) is 4.99 Å². The first-order valence-electron chi connectivity index (χ1n) is 8.85. The van der Waals surface area contributed by atoms with E-state index in [1.165, 1.54) is 57.2 Å². The van der Waals surface area contributed by atoms with Gasteiger partial charge in [0, 0.05) is 19.5 Å². The van der Waals surface area contributed by atoms with Gasteiger partial charge in [-0.15, -0.1) is 6.58 Å². The van der Waals surface area contributed by atoms with E-state index in [2.05, 4.69) is 16.5 Å². The summed E-state index contributed by atoms with van der Waals surface area (Å²) in [5.41, 5.74) is 0. The number of amidine groups is 1. The molecular formula is C18H34N2O. The predicted octanol–water partition coefficient (Wildman–Crippen LogP) is 4.17. The number of allylic oxidation sites excluding steroid dienone is 1. The molecule has 1 atom stereocenters. The van der Waals surface area contributed by atoms with Crippen LogP contribution in [0.25, 0.3) is 0 Å². The summed E-state index contributed by atoms with van der Waals surface area (Å²) in [6.45, 7) is 8.46. The lowest BCUT2D eigenvalue weighted by Gasteiger charge is -2.23. The summed E-state index contributed by atoms with van der Waals surface area (Å²) in [7, 11) is 0. The molecule has 1 N–H and O–H groups in total. The third kappa shape index (κ3) is 8.25. The monoisotopic (exact) mass is 294 g/mol. The molecule has 0 spiro atoms. The van der Waals surface area contributed by atoms with Gasteiger partial charge in [-0.1, -0.05) is 45.1 Å². The molecular weight excluding hydrogens is 260 g/mol. The smallest absolute Gasteiger partial charge is 0.0991 e. The van der Waals surface area contributed by atoms with Crippen LogP contribution < -0.4 is 0 Å². The summed E-state index contributed by atoms with van der Waals surface area (Å²) in [4.78, 5) is 6.88. The van der Waals surface area contributed by atoms with Crippen LogP contribution in [0.3, 0.4) is 0 Å². The number of aliphatic imine (C=N–C) groups is 1. The van der Waals surface area contributed by atoms with Gasteiger partial charge in [-0.3, -0.25) is 4.99 Å². The molecule has 0 radical (unpaired) electrons. The van der Waals surface area contributed by atoms with Crippen molar-refractivity contribution in [3.63, 3.8) is 0 Å². The molecule has 0 aliphatic carbocycles. The van der Waals surface area contributed by atoms with E-state index in [4.69, 9.17) is 0 Å². The Morgan fingerprint density at radius 3 is 2.52 bits per heavy atom. The summed E-state index contributed by atoms with van der Waals surface area (Å²) >= 11 is 0. The normalized spacial score (nSPS) is 16.1. The zero-order chi connectivity index (χ0) is 15.3. The number of hydrogen-bond acceptors (Lipinski definition) is 3. The number of β-amino-alcohol motifs (C(OH)–C–C–N with tert-alkyl or cyclic N) is 1. The number of nitrogens with zero attached hydrogens (tertiary/aromatic N) is 2. The highest BCUT2D eigenvalue weighted by atomic mass is 16.3. The number of aliphatic hydroxyl groups excluding tert-OH is 1. The van der Waals surface area contributed by atoms with E-state index in [0.29, 0.717) is 0 Å². The third-order valence-electron chi connectivity index (χ3n) is 4.24. The number of unbranched alkanes of at least 4 members (excludes halogenated alkanes) is 7. The minimum Gasteiger partial charge on any atom is -0.391 e. The van der Waals surface area contributed by atoms with Gasteiger partial charge >= 0.3 is 0 Å². The Hall–Kier alpha value is -0.830. The van der Waals surface area contributed by atoms with Gasteiger partial charge < -0.3 is 10.0 Å². The summed E-state index contributed by atoms with van der Waals surface area (Å²) in [6, 6.07) is 0. The van der Waals surface area contributed by atoms with Crippen LogP contribution in [-0.2, 0) is 0 Å². The highest BCUT2D eigenvalue weighted by Crippen LogP contribution is 2.13. The van der Waals surface area contributed by atoms with Gasteiger partial charge in [-0.2, -0.15) is 0 Å². The molecule has 0 fully saturated rings. The van der Waals surface area contributed by atoms with E-state index in [9.17, 15) is 5.11 Å². The molecule has 1 unspecified atom stereocenters. The average Bonchev–Trinajstić information content (AvgIpc) is 2.92. The van der Waals surface area contributed by atoms with E-state index < -0.39 is 0 Å². The maximum atomic E-state index is 9.76. The van der Waals surface area contributed by atoms with Crippen LogP contribution in [0, 0.1) is 0 Å². The molecule has 0 saturated carbocycles. The molecule has 1 aliphatic rings. The Morgan fingerprint density at radius 2 is 1.86 bits per heavy atom. The van der Waals surface area contributed by atoms with Crippen LogP contribution in [-0.4, -0.2) is 41.6 Å². The molecule has 0 aromatic carbocycles. The van der Waals surface area contributed by atoms with Crippen LogP contribution in [0.4, 0.5) is 0 Å². The van der Waals surface area contributed by atoms with Crippen molar-refractivity contribution in [3.05, 3.63) is 12.7 Å². The second kappa shape index (κ2) is 11.8. The van der Waals surface area contributed by atoms with Gasteiger partial charge in [0.15, 0.2) is 0 Å². The third-order valence-corrected chi connectivity index (χ3v) is 4.24. The first-order valence-corrected chi connectivity index (χ1v) is 8.85. The summed E-state index contributed by atoms with van der Waals surface area (Å²) < 4.78 is 0. The van der Waals surface area contributed by atoms with Crippen molar-refractivity contribution < 1.29 is 5.11 Å². The molecule has 1 rings (SSSR count). The first-order chi connectivity index (χ1) is 10.3. The van der Waals surface area contributed by atoms with Gasteiger partial charge in [-0.05, 0) is 25.7 Å². The molecule has 0 aromatic heterocycles. The quantitative estimate of drug-likeness (QED) is 0.409. The fourth-order valence-corrected chi connectivity index (χ4v) is 2.80. The van der Waals surface area contributed by atoms with Gasteiger partial charge in [0.2, 0.25) is 0 Å². The van der Waals surface area contributed by atoms with Gasteiger partial charge in [0.1, 0.15) is 0 Å². The maximum Gasteiger partial charge on any atom is 0.0991 e. The molecule has 0 saturated heterocycles. The number of hydrogen-bond donors (Lipinski definition) is 1. The zero-order valence-electron chi connectivity index (χ0n) is 13.9. The number of aliphatic hydroxyl groups is 1. The predicted molar refractivity (Wildman–Crippen MR) is 91.9 cm³/mol. The van der Waals surface area contributed by atoms with Crippen molar-refractivity contribution in [2.75, 3.05) is 19.6 Å². The number of rotatable bonds is 13. The van der Waals surface area contributed by atoms with Crippen molar-refractivity contribution in [1.82, 2.24) is 4.90 Å². The van der Waals surface area contributed by atoms with Crippen LogP contribution in [0.2, 0.25) is 0 Å². The van der Waals surface area contributed by atoms with E-state index in [-0.39, 0.29) is 6.10 Å².